The van der Waals surface area contributed by atoms with Gasteiger partial charge in [-0.1, -0.05) is 79.5 Å². The van der Waals surface area contributed by atoms with Crippen LogP contribution < -0.4 is 0 Å². The molecule has 0 spiro atoms. The lowest BCUT2D eigenvalue weighted by Gasteiger charge is -2.39. The molecule has 0 saturated carbocycles. The van der Waals surface area contributed by atoms with Crippen LogP contribution in [0.4, 0.5) is 0 Å². The third kappa shape index (κ3) is 1.66. The molecule has 0 radical (unpaired) electrons. The van der Waals surface area contributed by atoms with Gasteiger partial charge >= 0.3 is 0 Å². The molecule has 3 aliphatic rings. The zero-order valence-electron chi connectivity index (χ0n) is 10.2. The zero-order chi connectivity index (χ0) is 11.7. The molecule has 0 saturated heterocycles. The van der Waals surface area contributed by atoms with Crippen molar-refractivity contribution < 1.29 is 0 Å². The molecule has 0 aromatic rings. The van der Waals surface area contributed by atoms with Crippen LogP contribution in [0.25, 0.3) is 0 Å². The third-order valence-corrected chi connectivity index (χ3v) is 9.86. The summed E-state index contributed by atoms with van der Waals surface area (Å²) in [5.41, 5.74) is 1.99. The Hall–Kier alpha value is -1.34. The molecule has 0 aliphatic heterocycles. The molecule has 0 nitrogen and oxygen atoms in total. The summed E-state index contributed by atoms with van der Waals surface area (Å²) in [6.07, 6.45) is 27.6. The van der Waals surface area contributed by atoms with Crippen molar-refractivity contribution in [2.75, 3.05) is 0 Å². The Morgan fingerprint density at radius 3 is 1.00 bits per heavy atom. The number of hydrogen-bond acceptors (Lipinski definition) is 0. The quantitative estimate of drug-likeness (QED) is 0.633. The normalized spacial score (nSPS) is 23.8. The first kappa shape index (κ1) is 10.8. The SMILES string of the molecule is C[Si](C1C=CC=C1)(C1C=CC=C1)C1C=CC=C1. The topological polar surface area (TPSA) is 0 Å². The Morgan fingerprint density at radius 2 is 0.765 bits per heavy atom. The first-order chi connectivity index (χ1) is 8.32. The maximum Gasteiger partial charge on any atom is 0.0835 e. The smallest absolute Gasteiger partial charge is 0.0803 e. The van der Waals surface area contributed by atoms with Crippen LogP contribution in [0.15, 0.2) is 72.9 Å². The highest BCUT2D eigenvalue weighted by atomic mass is 28.3. The van der Waals surface area contributed by atoms with E-state index in [2.05, 4.69) is 79.5 Å². The molecule has 0 bridgehead atoms. The lowest BCUT2D eigenvalue weighted by molar-refractivity contribution is 1.08. The minimum atomic E-state index is -1.47. The van der Waals surface area contributed by atoms with Crippen LogP contribution in [0.2, 0.25) is 23.2 Å². The van der Waals surface area contributed by atoms with E-state index < -0.39 is 8.07 Å². The molecule has 0 unspecified atom stereocenters. The summed E-state index contributed by atoms with van der Waals surface area (Å²) in [5, 5.41) is 0. The largest absolute Gasteiger partial charge is 0.0835 e. The standard InChI is InChI=1S/C16H18Si/c1-17(14-8-2-3-9-14,15-10-4-5-11-15)16-12-6-7-13-16/h2-16H,1H3. The molecule has 17 heavy (non-hydrogen) atoms. The summed E-state index contributed by atoms with van der Waals surface area (Å²) in [5.74, 6) is 0. The minimum absolute atomic E-state index is 0.664. The predicted molar refractivity (Wildman–Crippen MR) is 77.7 cm³/mol. The maximum absolute atomic E-state index is 2.55. The second kappa shape index (κ2) is 4.15. The number of hydrogen-bond donors (Lipinski definition) is 0. The molecule has 0 heterocycles. The van der Waals surface area contributed by atoms with Crippen LogP contribution in [0.1, 0.15) is 0 Å². The van der Waals surface area contributed by atoms with E-state index in [1.807, 2.05) is 0 Å². The Kier molecular flexibility index (Phi) is 2.64. The molecule has 0 N–H and O–H groups in total. The van der Waals surface area contributed by atoms with Gasteiger partial charge in [0.15, 0.2) is 0 Å². The van der Waals surface area contributed by atoms with Gasteiger partial charge in [-0.25, -0.2) is 0 Å². The van der Waals surface area contributed by atoms with E-state index in [0.29, 0.717) is 16.6 Å². The lowest BCUT2D eigenvalue weighted by Crippen LogP contribution is -2.42. The molecule has 86 valence electrons. The van der Waals surface area contributed by atoms with E-state index in [4.69, 9.17) is 0 Å². The Labute approximate surface area is 104 Å². The average Bonchev–Trinajstić information content (AvgIpc) is 3.10. The minimum Gasteiger partial charge on any atom is -0.0803 e. The van der Waals surface area contributed by atoms with Crippen molar-refractivity contribution in [3.8, 4) is 0 Å². The van der Waals surface area contributed by atoms with Crippen LogP contribution >= 0.6 is 0 Å². The number of rotatable bonds is 3. The van der Waals surface area contributed by atoms with Gasteiger partial charge in [0, 0.05) is 0 Å². The molecule has 3 rings (SSSR count). The molecule has 0 fully saturated rings. The van der Waals surface area contributed by atoms with Gasteiger partial charge < -0.3 is 0 Å². The van der Waals surface area contributed by atoms with E-state index in [1.165, 1.54) is 0 Å². The van der Waals surface area contributed by atoms with Gasteiger partial charge in [0.2, 0.25) is 0 Å². The van der Waals surface area contributed by atoms with Gasteiger partial charge in [-0.15, -0.1) is 0 Å². The summed E-state index contributed by atoms with van der Waals surface area (Å²) in [4.78, 5) is 0. The summed E-state index contributed by atoms with van der Waals surface area (Å²) < 4.78 is 0. The van der Waals surface area contributed by atoms with E-state index in [1.54, 1.807) is 0 Å². The number of allylic oxidation sites excluding steroid dienone is 12. The van der Waals surface area contributed by atoms with E-state index >= 15 is 0 Å². The first-order valence-corrected chi connectivity index (χ1v) is 9.10. The first-order valence-electron chi connectivity index (χ1n) is 6.37. The van der Waals surface area contributed by atoms with Crippen molar-refractivity contribution >= 4 is 8.07 Å². The van der Waals surface area contributed by atoms with Crippen LogP contribution in [0.3, 0.4) is 0 Å². The Morgan fingerprint density at radius 1 is 0.529 bits per heavy atom. The van der Waals surface area contributed by atoms with Crippen molar-refractivity contribution in [1.29, 1.82) is 0 Å². The van der Waals surface area contributed by atoms with Gasteiger partial charge in [-0.2, -0.15) is 0 Å². The van der Waals surface area contributed by atoms with Crippen LogP contribution in [-0.4, -0.2) is 8.07 Å². The Bertz CT molecular complexity index is 368. The molecule has 0 amide bonds. The van der Waals surface area contributed by atoms with Crippen molar-refractivity contribution in [2.45, 2.75) is 23.2 Å². The van der Waals surface area contributed by atoms with Gasteiger partial charge in [-0.05, 0) is 16.6 Å². The lowest BCUT2D eigenvalue weighted by atomic mass is 10.4. The van der Waals surface area contributed by atoms with E-state index in [-0.39, 0.29) is 0 Å². The summed E-state index contributed by atoms with van der Waals surface area (Å²) in [6, 6.07) is 0. The van der Waals surface area contributed by atoms with E-state index in [9.17, 15) is 0 Å². The Balaban J connectivity index is 1.99. The second-order valence-corrected chi connectivity index (χ2v) is 9.98. The summed E-state index contributed by atoms with van der Waals surface area (Å²) in [6.45, 7) is 2.55. The average molecular weight is 238 g/mol. The highest BCUT2D eigenvalue weighted by molar-refractivity contribution is 6.85. The molecular weight excluding hydrogens is 220 g/mol. The van der Waals surface area contributed by atoms with Crippen LogP contribution in [0, 0.1) is 0 Å². The van der Waals surface area contributed by atoms with Gasteiger partial charge in [-0.3, -0.25) is 0 Å². The van der Waals surface area contributed by atoms with Crippen LogP contribution in [0.5, 0.6) is 0 Å². The maximum atomic E-state index is 2.55. The van der Waals surface area contributed by atoms with E-state index in [0.717, 1.165) is 0 Å². The van der Waals surface area contributed by atoms with Gasteiger partial charge in [0.25, 0.3) is 0 Å². The molecular formula is C16H18Si. The molecule has 0 atom stereocenters. The zero-order valence-corrected chi connectivity index (χ0v) is 11.2. The summed E-state index contributed by atoms with van der Waals surface area (Å²) >= 11 is 0. The van der Waals surface area contributed by atoms with Crippen molar-refractivity contribution in [3.63, 3.8) is 0 Å². The van der Waals surface area contributed by atoms with Gasteiger partial charge in [0.1, 0.15) is 0 Å². The molecule has 1 heteroatoms. The summed E-state index contributed by atoms with van der Waals surface area (Å²) in [7, 11) is -1.47. The van der Waals surface area contributed by atoms with Crippen LogP contribution in [-0.2, 0) is 0 Å². The molecule has 3 aliphatic carbocycles. The highest BCUT2D eigenvalue weighted by Crippen LogP contribution is 2.49. The second-order valence-electron chi connectivity index (χ2n) is 5.25. The highest BCUT2D eigenvalue weighted by Gasteiger charge is 2.45. The fraction of sp³-hybridized carbons (Fsp3) is 0.250. The predicted octanol–water partition coefficient (Wildman–Crippen LogP) is 4.55. The van der Waals surface area contributed by atoms with Crippen molar-refractivity contribution in [1.82, 2.24) is 0 Å². The van der Waals surface area contributed by atoms with Gasteiger partial charge in [0.05, 0.1) is 8.07 Å². The molecule has 0 aromatic carbocycles. The molecule has 0 aromatic heterocycles. The fourth-order valence-electron chi connectivity index (χ4n) is 3.21. The third-order valence-electron chi connectivity index (χ3n) is 4.40. The van der Waals surface area contributed by atoms with Crippen molar-refractivity contribution in [3.05, 3.63) is 72.9 Å². The fourth-order valence-corrected chi connectivity index (χ4v) is 7.69. The van der Waals surface area contributed by atoms with Crippen molar-refractivity contribution in [2.24, 2.45) is 0 Å². The monoisotopic (exact) mass is 238 g/mol.